The Balaban J connectivity index is 1.08. The summed E-state index contributed by atoms with van der Waals surface area (Å²) >= 11 is 0. The third-order valence-corrected chi connectivity index (χ3v) is 11.1. The SMILES string of the molecule is Cc1cc(C)c2ccc(NC(=O)c3ccc4c(c3)C3(c5ccccc5-4)c4ccccc4-c4ccc(C(=O)Nc5ccc6c(C)cc(C)nc6n5)cc43)nc2n1. The fourth-order valence-corrected chi connectivity index (χ4v) is 8.80. The molecule has 4 heterocycles. The van der Waals surface area contributed by atoms with Crippen molar-refractivity contribution in [3.63, 3.8) is 0 Å². The summed E-state index contributed by atoms with van der Waals surface area (Å²) in [6.45, 7) is 7.94. The predicted octanol–water partition coefficient (Wildman–Crippen LogP) is 9.65. The highest BCUT2D eigenvalue weighted by Gasteiger charge is 2.52. The van der Waals surface area contributed by atoms with Crippen molar-refractivity contribution in [1.82, 2.24) is 19.9 Å². The van der Waals surface area contributed by atoms with E-state index in [0.717, 1.165) is 77.8 Å². The lowest BCUT2D eigenvalue weighted by molar-refractivity contribution is 0.101. The van der Waals surface area contributed by atoms with Crippen molar-refractivity contribution in [3.8, 4) is 22.3 Å². The van der Waals surface area contributed by atoms with E-state index >= 15 is 0 Å². The highest BCUT2D eigenvalue weighted by Crippen LogP contribution is 2.62. The van der Waals surface area contributed by atoms with Gasteiger partial charge in [0.15, 0.2) is 11.3 Å². The topological polar surface area (TPSA) is 110 Å². The number of hydrogen-bond acceptors (Lipinski definition) is 6. The van der Waals surface area contributed by atoms with Gasteiger partial charge in [0, 0.05) is 33.3 Å². The minimum atomic E-state index is -0.773. The zero-order chi connectivity index (χ0) is 37.6. The minimum Gasteiger partial charge on any atom is -0.306 e. The second-order valence-electron chi connectivity index (χ2n) is 14.6. The third kappa shape index (κ3) is 4.91. The van der Waals surface area contributed by atoms with E-state index in [1.165, 1.54) is 0 Å². The van der Waals surface area contributed by atoms with Crippen LogP contribution in [-0.4, -0.2) is 31.8 Å². The number of carbonyl (C=O) groups excluding carboxylic acids is 2. The Hall–Kier alpha value is -7.06. The number of aromatic nitrogens is 4. The first-order valence-corrected chi connectivity index (χ1v) is 18.3. The van der Waals surface area contributed by atoms with E-state index in [4.69, 9.17) is 0 Å². The highest BCUT2D eigenvalue weighted by molar-refractivity contribution is 6.07. The van der Waals surface area contributed by atoms with Crippen LogP contribution in [0.2, 0.25) is 0 Å². The normalized spacial score (nSPS) is 13.0. The van der Waals surface area contributed by atoms with Gasteiger partial charge in [0.05, 0.1) is 5.41 Å². The van der Waals surface area contributed by atoms with Crippen molar-refractivity contribution in [2.24, 2.45) is 0 Å². The number of carbonyl (C=O) groups is 2. The number of aryl methyl sites for hydroxylation is 4. The molecule has 264 valence electrons. The van der Waals surface area contributed by atoms with Crippen LogP contribution in [0, 0.1) is 27.7 Å². The Morgan fingerprint density at radius 1 is 0.455 bits per heavy atom. The van der Waals surface area contributed by atoms with Gasteiger partial charge in [0.2, 0.25) is 0 Å². The Bertz CT molecular complexity index is 2790. The maximum Gasteiger partial charge on any atom is 0.256 e. The summed E-state index contributed by atoms with van der Waals surface area (Å²) in [4.78, 5) is 46.7. The smallest absolute Gasteiger partial charge is 0.256 e. The average Bonchev–Trinajstić information content (AvgIpc) is 3.64. The summed E-state index contributed by atoms with van der Waals surface area (Å²) in [6.07, 6.45) is 0. The molecule has 2 aliphatic carbocycles. The van der Waals surface area contributed by atoms with Crippen molar-refractivity contribution >= 4 is 45.5 Å². The number of fused-ring (bicyclic) bond motifs is 12. The number of anilines is 2. The van der Waals surface area contributed by atoms with Crippen molar-refractivity contribution in [2.75, 3.05) is 10.6 Å². The zero-order valence-corrected chi connectivity index (χ0v) is 30.7. The fourth-order valence-electron chi connectivity index (χ4n) is 8.80. The molecule has 0 saturated carbocycles. The first kappa shape index (κ1) is 32.6. The molecule has 2 aliphatic rings. The van der Waals surface area contributed by atoms with Crippen LogP contribution in [0.5, 0.6) is 0 Å². The van der Waals surface area contributed by atoms with Crippen molar-refractivity contribution in [2.45, 2.75) is 33.1 Å². The Labute approximate surface area is 317 Å². The molecule has 4 aromatic carbocycles. The standard InChI is InChI=1S/C47H34N6O2/c1-25-21-27(3)48-43-31(25)17-19-41(50-43)52-45(54)29-13-15-35-33-9-5-7-11-37(33)47(39(35)23-29)38-12-8-6-10-34(38)36-16-14-30(24-40(36)47)46(55)53-42-20-18-32-26(2)22-28(4)49-44(32)51-42/h5-24H,1-4H3,(H,48,50,52,54)(H,49,51,53,55). The molecule has 2 N–H and O–H groups in total. The van der Waals surface area contributed by atoms with E-state index in [1.807, 2.05) is 113 Å². The molecule has 10 rings (SSSR count). The number of pyridine rings is 4. The van der Waals surface area contributed by atoms with E-state index < -0.39 is 5.41 Å². The Morgan fingerprint density at radius 3 is 1.33 bits per heavy atom. The van der Waals surface area contributed by atoms with Crippen molar-refractivity contribution < 1.29 is 9.59 Å². The monoisotopic (exact) mass is 714 g/mol. The van der Waals surface area contributed by atoms with Crippen LogP contribution in [0.4, 0.5) is 11.6 Å². The average molecular weight is 715 g/mol. The zero-order valence-electron chi connectivity index (χ0n) is 30.7. The number of amides is 2. The van der Waals surface area contributed by atoms with Crippen LogP contribution < -0.4 is 10.6 Å². The van der Waals surface area contributed by atoms with Crippen molar-refractivity contribution in [1.29, 1.82) is 0 Å². The Kier molecular flexibility index (Phi) is 7.10. The molecule has 0 atom stereocenters. The molecule has 8 heteroatoms. The summed E-state index contributed by atoms with van der Waals surface area (Å²) < 4.78 is 0. The molecular weight excluding hydrogens is 681 g/mol. The number of hydrogen-bond donors (Lipinski definition) is 2. The summed E-state index contributed by atoms with van der Waals surface area (Å²) in [5, 5.41) is 7.95. The van der Waals surface area contributed by atoms with Crippen LogP contribution in [-0.2, 0) is 5.41 Å². The second kappa shape index (κ2) is 12.0. The van der Waals surface area contributed by atoms with Crippen LogP contribution in [0.3, 0.4) is 0 Å². The van der Waals surface area contributed by atoms with Gasteiger partial charge in [0.1, 0.15) is 11.6 Å². The molecule has 0 fully saturated rings. The molecule has 0 unspecified atom stereocenters. The molecule has 8 nitrogen and oxygen atoms in total. The van der Waals surface area contributed by atoms with E-state index in [1.54, 1.807) is 0 Å². The molecule has 0 bridgehead atoms. The maximum absolute atomic E-state index is 14.1. The van der Waals surface area contributed by atoms with Crippen LogP contribution in [0.1, 0.15) is 65.5 Å². The first-order chi connectivity index (χ1) is 26.7. The van der Waals surface area contributed by atoms with Gasteiger partial charge in [-0.25, -0.2) is 19.9 Å². The lowest BCUT2D eigenvalue weighted by Gasteiger charge is -2.31. The largest absolute Gasteiger partial charge is 0.306 e. The molecule has 0 aliphatic heterocycles. The number of nitrogens with one attached hydrogen (secondary N) is 2. The van der Waals surface area contributed by atoms with E-state index in [2.05, 4.69) is 67.0 Å². The molecule has 55 heavy (non-hydrogen) atoms. The summed E-state index contributed by atoms with van der Waals surface area (Å²) in [5.74, 6) is 0.324. The predicted molar refractivity (Wildman–Crippen MR) is 217 cm³/mol. The first-order valence-electron chi connectivity index (χ1n) is 18.3. The summed E-state index contributed by atoms with van der Waals surface area (Å²) in [6, 6.07) is 40.2. The quantitative estimate of drug-likeness (QED) is 0.188. The number of nitrogens with zero attached hydrogens (tertiary/aromatic N) is 4. The van der Waals surface area contributed by atoms with Crippen LogP contribution >= 0.6 is 0 Å². The van der Waals surface area contributed by atoms with Gasteiger partial charge in [-0.15, -0.1) is 0 Å². The van der Waals surface area contributed by atoms with Gasteiger partial charge in [-0.1, -0.05) is 60.7 Å². The van der Waals surface area contributed by atoms with E-state index in [9.17, 15) is 9.59 Å². The van der Waals surface area contributed by atoms with E-state index in [0.29, 0.717) is 34.1 Å². The van der Waals surface area contributed by atoms with Crippen molar-refractivity contribution in [3.05, 3.63) is 177 Å². The van der Waals surface area contributed by atoms with Gasteiger partial charge < -0.3 is 10.6 Å². The summed E-state index contributed by atoms with van der Waals surface area (Å²) in [7, 11) is 0. The molecule has 0 radical (unpaired) electrons. The molecular formula is C47H34N6O2. The van der Waals surface area contributed by atoms with Crippen LogP contribution in [0.15, 0.2) is 121 Å². The molecule has 0 saturated heterocycles. The highest BCUT2D eigenvalue weighted by atomic mass is 16.2. The third-order valence-electron chi connectivity index (χ3n) is 11.1. The lowest BCUT2D eigenvalue weighted by Crippen LogP contribution is -2.27. The molecule has 1 spiro atoms. The van der Waals surface area contributed by atoms with Gasteiger partial charge >= 0.3 is 0 Å². The van der Waals surface area contributed by atoms with Gasteiger partial charge in [-0.05, 0) is 144 Å². The Morgan fingerprint density at radius 2 is 0.873 bits per heavy atom. The fraction of sp³-hybridized carbons (Fsp3) is 0.106. The van der Waals surface area contributed by atoms with Gasteiger partial charge in [-0.2, -0.15) is 0 Å². The number of benzene rings is 4. The molecule has 2 amide bonds. The van der Waals surface area contributed by atoms with E-state index in [-0.39, 0.29) is 11.8 Å². The molecule has 4 aromatic heterocycles. The van der Waals surface area contributed by atoms with Gasteiger partial charge in [0.25, 0.3) is 11.8 Å². The molecule has 8 aromatic rings. The van der Waals surface area contributed by atoms with Crippen LogP contribution in [0.25, 0.3) is 44.3 Å². The maximum atomic E-state index is 14.1. The minimum absolute atomic E-state index is 0.271. The van der Waals surface area contributed by atoms with Gasteiger partial charge in [-0.3, -0.25) is 9.59 Å². The summed E-state index contributed by atoms with van der Waals surface area (Å²) in [5.41, 5.74) is 13.8. The lowest BCUT2D eigenvalue weighted by atomic mass is 9.70. The number of rotatable bonds is 4. The second-order valence-corrected chi connectivity index (χ2v) is 14.6.